The molecule has 3 aromatic rings. The Balaban J connectivity index is 1.75. The van der Waals surface area contributed by atoms with Crippen molar-refractivity contribution >= 4 is 39.0 Å². The maximum absolute atomic E-state index is 11.9. The lowest BCUT2D eigenvalue weighted by atomic mass is 10.1. The van der Waals surface area contributed by atoms with Crippen LogP contribution in [0.2, 0.25) is 10.2 Å². The molecule has 4 rings (SSSR count). The monoisotopic (exact) mass is 382 g/mol. The molecule has 1 aliphatic rings. The highest BCUT2D eigenvalue weighted by molar-refractivity contribution is 7.92. The number of nitrogens with one attached hydrogen (secondary N) is 1. The standard InChI is InChI=1S/C15H12Cl2N4O2S/c16-11-8-18-21(9-11)12-3-1-10(2-4-12)13-7-14(17)20-5-6-24(22,23)19-15(13)20/h1-4,7-9,19H,5-6H2. The van der Waals surface area contributed by atoms with Crippen LogP contribution in [0.4, 0.5) is 5.82 Å². The predicted molar refractivity (Wildman–Crippen MR) is 94.4 cm³/mol. The average molecular weight is 383 g/mol. The SMILES string of the molecule is O=S1(=O)CCn2c(Cl)cc(-c3ccc(-n4cc(Cl)cn4)cc3)c2N1. The molecule has 0 atom stereocenters. The number of rotatable bonds is 2. The van der Waals surface area contributed by atoms with Crippen LogP contribution in [0.25, 0.3) is 16.8 Å². The third-order valence-electron chi connectivity index (χ3n) is 3.88. The molecule has 0 fully saturated rings. The first-order chi connectivity index (χ1) is 11.4. The molecule has 24 heavy (non-hydrogen) atoms. The van der Waals surface area contributed by atoms with Gasteiger partial charge in [0.05, 0.1) is 22.7 Å². The minimum absolute atomic E-state index is 0.0207. The summed E-state index contributed by atoms with van der Waals surface area (Å²) in [6.45, 7) is 0.341. The molecule has 0 spiro atoms. The molecule has 1 aliphatic heterocycles. The molecule has 0 amide bonds. The number of anilines is 1. The van der Waals surface area contributed by atoms with Crippen molar-refractivity contribution in [2.45, 2.75) is 6.54 Å². The molecular formula is C15H12Cl2N4O2S. The van der Waals surface area contributed by atoms with Crippen molar-refractivity contribution in [1.29, 1.82) is 0 Å². The zero-order valence-electron chi connectivity index (χ0n) is 12.3. The van der Waals surface area contributed by atoms with Gasteiger partial charge < -0.3 is 4.57 Å². The maximum atomic E-state index is 11.9. The summed E-state index contributed by atoms with van der Waals surface area (Å²) < 4.78 is 29.7. The second-order valence-corrected chi connectivity index (χ2v) is 8.12. The van der Waals surface area contributed by atoms with Gasteiger partial charge in [0.25, 0.3) is 0 Å². The number of sulfonamides is 1. The van der Waals surface area contributed by atoms with E-state index in [9.17, 15) is 8.42 Å². The summed E-state index contributed by atoms with van der Waals surface area (Å²) >= 11 is 12.1. The molecule has 0 radical (unpaired) electrons. The Kier molecular flexibility index (Phi) is 3.59. The lowest BCUT2D eigenvalue weighted by Gasteiger charge is -2.19. The van der Waals surface area contributed by atoms with Gasteiger partial charge in [0.2, 0.25) is 10.0 Å². The summed E-state index contributed by atoms with van der Waals surface area (Å²) in [6, 6.07) is 9.31. The third-order valence-corrected chi connectivity index (χ3v) is 5.61. The number of benzene rings is 1. The summed E-state index contributed by atoms with van der Waals surface area (Å²) in [6.07, 6.45) is 3.27. The number of hydrogen-bond acceptors (Lipinski definition) is 3. The summed E-state index contributed by atoms with van der Waals surface area (Å²) in [4.78, 5) is 0. The van der Waals surface area contributed by atoms with Gasteiger partial charge in [-0.15, -0.1) is 0 Å². The first kappa shape index (κ1) is 15.6. The number of hydrogen-bond donors (Lipinski definition) is 1. The van der Waals surface area contributed by atoms with Crippen LogP contribution in [0.3, 0.4) is 0 Å². The van der Waals surface area contributed by atoms with Crippen LogP contribution in [0.1, 0.15) is 0 Å². The van der Waals surface area contributed by atoms with Crippen LogP contribution in [-0.4, -0.2) is 28.5 Å². The average Bonchev–Trinajstić information content (AvgIpc) is 3.10. The summed E-state index contributed by atoms with van der Waals surface area (Å²) in [5.74, 6) is 0.522. The minimum Gasteiger partial charge on any atom is -0.316 e. The Bertz CT molecular complexity index is 1020. The van der Waals surface area contributed by atoms with Gasteiger partial charge in [-0.2, -0.15) is 5.10 Å². The minimum atomic E-state index is -3.32. The maximum Gasteiger partial charge on any atom is 0.235 e. The molecule has 1 aromatic carbocycles. The van der Waals surface area contributed by atoms with E-state index in [1.165, 1.54) is 0 Å². The lowest BCUT2D eigenvalue weighted by Crippen LogP contribution is -2.27. The molecule has 9 heteroatoms. The van der Waals surface area contributed by atoms with E-state index in [0.29, 0.717) is 22.5 Å². The molecule has 3 heterocycles. The van der Waals surface area contributed by atoms with E-state index in [2.05, 4.69) is 9.82 Å². The second-order valence-electron chi connectivity index (χ2n) is 5.45. The van der Waals surface area contributed by atoms with Crippen molar-refractivity contribution in [3.8, 4) is 16.8 Å². The molecule has 0 bridgehead atoms. The van der Waals surface area contributed by atoms with E-state index in [0.717, 1.165) is 16.8 Å². The summed E-state index contributed by atoms with van der Waals surface area (Å²) in [7, 11) is -3.32. The number of fused-ring (bicyclic) bond motifs is 1. The number of nitrogens with zero attached hydrogens (tertiary/aromatic N) is 3. The van der Waals surface area contributed by atoms with E-state index >= 15 is 0 Å². The topological polar surface area (TPSA) is 68.9 Å². The quantitative estimate of drug-likeness (QED) is 0.738. The molecule has 0 saturated heterocycles. The van der Waals surface area contributed by atoms with Gasteiger partial charge in [0.1, 0.15) is 11.0 Å². The molecule has 1 N–H and O–H groups in total. The first-order valence-electron chi connectivity index (χ1n) is 7.13. The summed E-state index contributed by atoms with van der Waals surface area (Å²) in [5, 5.41) is 5.21. The lowest BCUT2D eigenvalue weighted by molar-refractivity contribution is 0.588. The fourth-order valence-corrected chi connectivity index (χ4v) is 4.17. The van der Waals surface area contributed by atoms with Gasteiger partial charge in [-0.3, -0.25) is 4.72 Å². The molecule has 0 saturated carbocycles. The van der Waals surface area contributed by atoms with Crippen LogP contribution in [0.5, 0.6) is 0 Å². The van der Waals surface area contributed by atoms with Crippen molar-refractivity contribution in [2.75, 3.05) is 10.5 Å². The van der Waals surface area contributed by atoms with Gasteiger partial charge in [-0.25, -0.2) is 13.1 Å². The van der Waals surface area contributed by atoms with Crippen molar-refractivity contribution in [1.82, 2.24) is 14.3 Å². The van der Waals surface area contributed by atoms with Gasteiger partial charge in [-0.1, -0.05) is 35.3 Å². The molecular weight excluding hydrogens is 371 g/mol. The zero-order valence-corrected chi connectivity index (χ0v) is 14.6. The van der Waals surface area contributed by atoms with E-state index in [4.69, 9.17) is 23.2 Å². The molecule has 6 nitrogen and oxygen atoms in total. The Morgan fingerprint density at radius 2 is 1.92 bits per heavy atom. The van der Waals surface area contributed by atoms with Gasteiger partial charge in [-0.05, 0) is 23.8 Å². The largest absolute Gasteiger partial charge is 0.316 e. The number of aromatic nitrogens is 3. The van der Waals surface area contributed by atoms with Crippen LogP contribution in [0.15, 0.2) is 42.7 Å². The van der Waals surface area contributed by atoms with Crippen molar-refractivity contribution in [2.24, 2.45) is 0 Å². The molecule has 2 aromatic heterocycles. The highest BCUT2D eigenvalue weighted by Crippen LogP contribution is 2.36. The zero-order chi connectivity index (χ0) is 16.9. The van der Waals surface area contributed by atoms with Crippen molar-refractivity contribution in [3.05, 3.63) is 52.9 Å². The van der Waals surface area contributed by atoms with Crippen LogP contribution in [0, 0.1) is 0 Å². The Morgan fingerprint density at radius 1 is 1.17 bits per heavy atom. The Morgan fingerprint density at radius 3 is 2.58 bits per heavy atom. The predicted octanol–water partition coefficient (Wildman–Crippen LogP) is 3.40. The van der Waals surface area contributed by atoms with Crippen LogP contribution >= 0.6 is 23.2 Å². The van der Waals surface area contributed by atoms with Gasteiger partial charge in [0.15, 0.2) is 0 Å². The van der Waals surface area contributed by atoms with E-state index in [1.807, 2.05) is 24.3 Å². The highest BCUT2D eigenvalue weighted by atomic mass is 35.5. The number of halogens is 2. The second kappa shape index (κ2) is 5.54. The normalized spacial score (nSPS) is 15.8. The van der Waals surface area contributed by atoms with Crippen molar-refractivity contribution < 1.29 is 8.42 Å². The van der Waals surface area contributed by atoms with E-state index in [-0.39, 0.29) is 5.75 Å². The Labute approximate surface area is 148 Å². The fraction of sp³-hybridized carbons (Fsp3) is 0.133. The molecule has 0 unspecified atom stereocenters. The van der Waals surface area contributed by atoms with Crippen molar-refractivity contribution in [3.63, 3.8) is 0 Å². The van der Waals surface area contributed by atoms with Gasteiger partial charge >= 0.3 is 0 Å². The smallest absolute Gasteiger partial charge is 0.235 e. The fourth-order valence-electron chi connectivity index (χ4n) is 2.71. The Hall–Kier alpha value is -1.96. The molecule has 124 valence electrons. The van der Waals surface area contributed by atoms with Crippen LogP contribution in [-0.2, 0) is 16.6 Å². The van der Waals surface area contributed by atoms with Crippen LogP contribution < -0.4 is 4.72 Å². The van der Waals surface area contributed by atoms with Gasteiger partial charge in [0, 0.05) is 18.3 Å². The highest BCUT2D eigenvalue weighted by Gasteiger charge is 2.25. The third kappa shape index (κ3) is 2.68. The van der Waals surface area contributed by atoms with E-state index < -0.39 is 10.0 Å². The van der Waals surface area contributed by atoms with E-state index in [1.54, 1.807) is 27.7 Å². The summed E-state index contributed by atoms with van der Waals surface area (Å²) in [5.41, 5.74) is 2.45. The first-order valence-corrected chi connectivity index (χ1v) is 9.54. The molecule has 0 aliphatic carbocycles.